The minimum atomic E-state index is -0.864. The normalized spacial score (nSPS) is 13.4. The average molecular weight is 348 g/mol. The Morgan fingerprint density at radius 1 is 1.21 bits per heavy atom. The lowest BCUT2D eigenvalue weighted by molar-refractivity contribution is 0.172. The zero-order chi connectivity index (χ0) is 17.5. The van der Waals surface area contributed by atoms with Gasteiger partial charge >= 0.3 is 6.03 Å². The van der Waals surface area contributed by atoms with Crippen LogP contribution in [0.4, 0.5) is 4.79 Å². The summed E-state index contributed by atoms with van der Waals surface area (Å²) >= 11 is 6.04. The summed E-state index contributed by atoms with van der Waals surface area (Å²) in [6.45, 7) is 4.10. The first-order valence-electron chi connectivity index (χ1n) is 7.86. The van der Waals surface area contributed by atoms with Crippen molar-refractivity contribution >= 4 is 17.6 Å². The van der Waals surface area contributed by atoms with Gasteiger partial charge in [0.25, 0.3) is 0 Å². The summed E-state index contributed by atoms with van der Waals surface area (Å²) in [6, 6.07) is 12.1. The van der Waals surface area contributed by atoms with E-state index in [4.69, 9.17) is 11.6 Å². The van der Waals surface area contributed by atoms with E-state index in [0.29, 0.717) is 10.6 Å². The highest BCUT2D eigenvalue weighted by Crippen LogP contribution is 2.22. The minimum absolute atomic E-state index is 0.0720. The van der Waals surface area contributed by atoms with E-state index in [2.05, 4.69) is 15.6 Å². The van der Waals surface area contributed by atoms with Gasteiger partial charge in [-0.1, -0.05) is 49.7 Å². The molecule has 2 atom stereocenters. The van der Waals surface area contributed by atoms with Crippen molar-refractivity contribution in [2.24, 2.45) is 5.92 Å². The van der Waals surface area contributed by atoms with E-state index < -0.39 is 6.10 Å². The number of aliphatic hydroxyl groups is 1. The average Bonchev–Trinajstić information content (AvgIpc) is 2.58. The molecule has 0 aliphatic carbocycles. The van der Waals surface area contributed by atoms with Crippen molar-refractivity contribution in [3.05, 3.63) is 64.9 Å². The molecular formula is C18H22ClN3O2. The van der Waals surface area contributed by atoms with Gasteiger partial charge in [0.2, 0.25) is 0 Å². The van der Waals surface area contributed by atoms with Gasteiger partial charge in [0.1, 0.15) is 0 Å². The van der Waals surface area contributed by atoms with E-state index in [1.54, 1.807) is 30.5 Å². The highest BCUT2D eigenvalue weighted by atomic mass is 35.5. The molecule has 0 aliphatic heterocycles. The summed E-state index contributed by atoms with van der Waals surface area (Å²) in [5.41, 5.74) is 1.39. The number of amides is 2. The summed E-state index contributed by atoms with van der Waals surface area (Å²) in [7, 11) is 0. The van der Waals surface area contributed by atoms with Gasteiger partial charge in [0.15, 0.2) is 0 Å². The van der Waals surface area contributed by atoms with Crippen LogP contribution in [0.25, 0.3) is 0 Å². The molecule has 0 fully saturated rings. The van der Waals surface area contributed by atoms with Crippen LogP contribution in [0.2, 0.25) is 5.02 Å². The number of benzene rings is 1. The number of halogens is 1. The van der Waals surface area contributed by atoms with Crippen molar-refractivity contribution in [1.29, 1.82) is 0 Å². The first kappa shape index (κ1) is 18.2. The number of urea groups is 1. The van der Waals surface area contributed by atoms with Crippen LogP contribution in [-0.2, 0) is 0 Å². The van der Waals surface area contributed by atoms with Crippen LogP contribution >= 0.6 is 11.6 Å². The smallest absolute Gasteiger partial charge is 0.315 e. The van der Waals surface area contributed by atoms with Gasteiger partial charge in [-0.15, -0.1) is 0 Å². The zero-order valence-electron chi connectivity index (χ0n) is 13.7. The Kier molecular flexibility index (Phi) is 6.58. The third-order valence-electron chi connectivity index (χ3n) is 3.68. The second-order valence-electron chi connectivity index (χ2n) is 5.87. The van der Waals surface area contributed by atoms with Gasteiger partial charge in [0, 0.05) is 23.3 Å². The van der Waals surface area contributed by atoms with Gasteiger partial charge < -0.3 is 15.7 Å². The molecule has 2 rings (SSSR count). The van der Waals surface area contributed by atoms with Crippen LogP contribution in [0.15, 0.2) is 48.7 Å². The molecule has 2 amide bonds. The standard InChI is InChI=1S/C18H22ClN3O2/c1-12(2)17(15-9-5-6-10-20-15)22-18(24)21-11-16(23)13-7-3-4-8-14(13)19/h3-10,12,16-17,23H,11H2,1-2H3,(H2,21,22,24)/t16-,17+/m1/s1. The maximum atomic E-state index is 12.2. The molecular weight excluding hydrogens is 326 g/mol. The molecule has 2 aromatic rings. The molecule has 0 bridgehead atoms. The fraction of sp³-hybridized carbons (Fsp3) is 0.333. The van der Waals surface area contributed by atoms with Crippen LogP contribution < -0.4 is 10.6 Å². The number of nitrogens with one attached hydrogen (secondary N) is 2. The predicted octanol–water partition coefficient (Wildman–Crippen LogP) is 3.46. The summed E-state index contributed by atoms with van der Waals surface area (Å²) in [5.74, 6) is 0.180. The van der Waals surface area contributed by atoms with E-state index in [0.717, 1.165) is 5.69 Å². The second kappa shape index (κ2) is 8.66. The summed E-state index contributed by atoms with van der Waals surface area (Å²) in [4.78, 5) is 16.5. The molecule has 0 spiro atoms. The maximum Gasteiger partial charge on any atom is 0.315 e. The largest absolute Gasteiger partial charge is 0.387 e. The van der Waals surface area contributed by atoms with Crippen LogP contribution in [0.5, 0.6) is 0 Å². The molecule has 1 aromatic heterocycles. The number of carbonyl (C=O) groups excluding carboxylic acids is 1. The van der Waals surface area contributed by atoms with Crippen LogP contribution in [0.3, 0.4) is 0 Å². The quantitative estimate of drug-likeness (QED) is 0.749. The Morgan fingerprint density at radius 3 is 2.54 bits per heavy atom. The number of carbonyl (C=O) groups is 1. The van der Waals surface area contributed by atoms with Crippen molar-refractivity contribution < 1.29 is 9.90 Å². The molecule has 0 unspecified atom stereocenters. The van der Waals surface area contributed by atoms with Gasteiger partial charge in [-0.2, -0.15) is 0 Å². The zero-order valence-corrected chi connectivity index (χ0v) is 14.5. The second-order valence-corrected chi connectivity index (χ2v) is 6.28. The lowest BCUT2D eigenvalue weighted by atomic mass is 10.0. The molecule has 0 saturated heterocycles. The highest BCUT2D eigenvalue weighted by Gasteiger charge is 2.20. The lowest BCUT2D eigenvalue weighted by Crippen LogP contribution is -2.41. The van der Waals surface area contributed by atoms with Crippen LogP contribution in [-0.4, -0.2) is 22.7 Å². The third kappa shape index (κ3) is 4.94. The molecule has 24 heavy (non-hydrogen) atoms. The molecule has 5 nitrogen and oxygen atoms in total. The number of aliphatic hydroxyl groups excluding tert-OH is 1. The Morgan fingerprint density at radius 2 is 1.92 bits per heavy atom. The molecule has 128 valence electrons. The summed E-state index contributed by atoms with van der Waals surface area (Å²) in [6.07, 6.45) is 0.836. The number of hydrogen-bond donors (Lipinski definition) is 3. The number of nitrogens with zero attached hydrogens (tertiary/aromatic N) is 1. The fourth-order valence-corrected chi connectivity index (χ4v) is 2.64. The SMILES string of the molecule is CC(C)[C@H](NC(=O)NC[C@@H](O)c1ccccc1Cl)c1ccccn1. The van der Waals surface area contributed by atoms with Gasteiger partial charge in [-0.25, -0.2) is 4.79 Å². The number of hydrogen-bond acceptors (Lipinski definition) is 3. The molecule has 1 aromatic carbocycles. The first-order chi connectivity index (χ1) is 11.5. The van der Waals surface area contributed by atoms with E-state index in [9.17, 15) is 9.90 Å². The van der Waals surface area contributed by atoms with E-state index in [1.807, 2.05) is 32.0 Å². The highest BCUT2D eigenvalue weighted by molar-refractivity contribution is 6.31. The number of rotatable bonds is 6. The Balaban J connectivity index is 1.93. The molecule has 6 heteroatoms. The molecule has 1 heterocycles. The van der Waals surface area contributed by atoms with Crippen molar-refractivity contribution in [2.75, 3.05) is 6.54 Å². The van der Waals surface area contributed by atoms with Gasteiger partial charge in [-0.05, 0) is 24.1 Å². The van der Waals surface area contributed by atoms with Crippen molar-refractivity contribution in [3.63, 3.8) is 0 Å². The van der Waals surface area contributed by atoms with E-state index in [1.165, 1.54) is 0 Å². The predicted molar refractivity (Wildman–Crippen MR) is 94.8 cm³/mol. The topological polar surface area (TPSA) is 74.2 Å². The Hall–Kier alpha value is -2.11. The van der Waals surface area contributed by atoms with Gasteiger partial charge in [0.05, 0.1) is 17.8 Å². The van der Waals surface area contributed by atoms with E-state index in [-0.39, 0.29) is 24.5 Å². The molecule has 0 saturated carbocycles. The van der Waals surface area contributed by atoms with Crippen molar-refractivity contribution in [1.82, 2.24) is 15.6 Å². The summed E-state index contributed by atoms with van der Waals surface area (Å²) in [5, 5.41) is 16.2. The molecule has 0 radical (unpaired) electrons. The molecule has 3 N–H and O–H groups in total. The third-order valence-corrected chi connectivity index (χ3v) is 4.02. The Labute approximate surface area is 147 Å². The fourth-order valence-electron chi connectivity index (χ4n) is 2.38. The van der Waals surface area contributed by atoms with Crippen molar-refractivity contribution in [2.45, 2.75) is 26.0 Å². The van der Waals surface area contributed by atoms with Crippen molar-refractivity contribution in [3.8, 4) is 0 Å². The number of pyridine rings is 1. The minimum Gasteiger partial charge on any atom is -0.387 e. The monoisotopic (exact) mass is 347 g/mol. The Bertz CT molecular complexity index is 664. The first-order valence-corrected chi connectivity index (χ1v) is 8.24. The van der Waals surface area contributed by atoms with E-state index >= 15 is 0 Å². The lowest BCUT2D eigenvalue weighted by Gasteiger charge is -2.22. The van der Waals surface area contributed by atoms with Crippen LogP contribution in [0, 0.1) is 5.92 Å². The number of aromatic nitrogens is 1. The molecule has 0 aliphatic rings. The maximum absolute atomic E-state index is 12.2. The van der Waals surface area contributed by atoms with Crippen LogP contribution in [0.1, 0.15) is 37.3 Å². The summed E-state index contributed by atoms with van der Waals surface area (Å²) < 4.78 is 0. The van der Waals surface area contributed by atoms with Gasteiger partial charge in [-0.3, -0.25) is 4.98 Å².